The molecule has 4 rings (SSSR count). The van der Waals surface area contributed by atoms with E-state index in [9.17, 15) is 36.0 Å². The highest BCUT2D eigenvalue weighted by atomic mass is 32.2. The largest absolute Gasteiger partial charge is 0.501 e. The van der Waals surface area contributed by atoms with Gasteiger partial charge in [-0.2, -0.15) is 13.2 Å². The molecule has 2 aromatic carbocycles. The summed E-state index contributed by atoms with van der Waals surface area (Å²) in [5.74, 6) is -0.444. The summed E-state index contributed by atoms with van der Waals surface area (Å²) in [7, 11) is -2.48. The van der Waals surface area contributed by atoms with Crippen LogP contribution in [0, 0.1) is 0 Å². The summed E-state index contributed by atoms with van der Waals surface area (Å²) in [6, 6.07) is 11.5. The molecule has 1 fully saturated rings. The smallest absolute Gasteiger partial charge is 0.497 e. The van der Waals surface area contributed by atoms with E-state index in [0.29, 0.717) is 29.1 Å². The number of benzene rings is 2. The van der Waals surface area contributed by atoms with Crippen LogP contribution in [-0.2, 0) is 21.2 Å². The van der Waals surface area contributed by atoms with Gasteiger partial charge < -0.3 is 14.5 Å². The van der Waals surface area contributed by atoms with E-state index in [-0.39, 0.29) is 17.9 Å². The van der Waals surface area contributed by atoms with Gasteiger partial charge in [0.15, 0.2) is 0 Å². The van der Waals surface area contributed by atoms with Crippen molar-refractivity contribution in [3.63, 3.8) is 0 Å². The van der Waals surface area contributed by atoms with Crippen LogP contribution >= 0.6 is 0 Å². The van der Waals surface area contributed by atoms with Crippen LogP contribution < -0.4 is 14.5 Å². The van der Waals surface area contributed by atoms with Crippen molar-refractivity contribution >= 4 is 39.1 Å². The van der Waals surface area contributed by atoms with Gasteiger partial charge in [-0.25, -0.2) is 18.1 Å². The number of alkyl halides is 3. The molecule has 210 valence electrons. The van der Waals surface area contributed by atoms with Crippen LogP contribution in [0.3, 0.4) is 0 Å². The Morgan fingerprint density at radius 3 is 2.25 bits per heavy atom. The summed E-state index contributed by atoms with van der Waals surface area (Å²) < 4.78 is 66.9. The number of ether oxygens (including phenoxy) is 1. The fourth-order valence-corrected chi connectivity index (χ4v) is 4.80. The number of halogens is 3. The number of anilines is 2. The van der Waals surface area contributed by atoms with Crippen molar-refractivity contribution in [2.24, 2.45) is 0 Å². The monoisotopic (exact) mass is 576 g/mol. The van der Waals surface area contributed by atoms with Crippen molar-refractivity contribution in [3.8, 4) is 5.75 Å². The van der Waals surface area contributed by atoms with Gasteiger partial charge in [-0.1, -0.05) is 0 Å². The Morgan fingerprint density at radius 2 is 1.68 bits per heavy atom. The third kappa shape index (κ3) is 5.21. The third-order valence-corrected chi connectivity index (χ3v) is 7.86. The summed E-state index contributed by atoms with van der Waals surface area (Å²) in [5.41, 5.74) is -4.38. The second-order valence-electron chi connectivity index (χ2n) is 8.81. The molecule has 14 heteroatoms. The molecule has 10 nitrogen and oxygen atoms in total. The van der Waals surface area contributed by atoms with Gasteiger partial charge >= 0.3 is 11.5 Å². The number of nitrogens with zero attached hydrogens (tertiary/aromatic N) is 4. The van der Waals surface area contributed by atoms with E-state index < -0.39 is 44.1 Å². The van der Waals surface area contributed by atoms with Gasteiger partial charge in [-0.15, -0.1) is 0 Å². The molecule has 1 saturated heterocycles. The van der Waals surface area contributed by atoms with Crippen LogP contribution in [0.25, 0.3) is 0 Å². The maximum absolute atomic E-state index is 13.2. The molecular formula is C26H23F3N4O6S. The van der Waals surface area contributed by atoms with Crippen LogP contribution in [0.1, 0.15) is 23.0 Å². The van der Waals surface area contributed by atoms with Crippen LogP contribution in [0.4, 0.5) is 29.3 Å². The Morgan fingerprint density at radius 1 is 1.05 bits per heavy atom. The molecule has 0 saturated carbocycles. The fourth-order valence-electron chi connectivity index (χ4n) is 4.04. The van der Waals surface area contributed by atoms with Crippen LogP contribution in [0.2, 0.25) is 0 Å². The lowest BCUT2D eigenvalue weighted by Gasteiger charge is -2.20. The van der Waals surface area contributed by atoms with Crippen LogP contribution in [0.15, 0.2) is 71.8 Å². The first-order chi connectivity index (χ1) is 18.8. The molecule has 1 atom stereocenters. The quantitative estimate of drug-likeness (QED) is 0.390. The van der Waals surface area contributed by atoms with Crippen LogP contribution in [0.5, 0.6) is 5.75 Å². The van der Waals surface area contributed by atoms with Crippen molar-refractivity contribution in [1.29, 1.82) is 0 Å². The number of urea groups is 1. The Bertz CT molecular complexity index is 1560. The molecule has 0 spiro atoms. The number of carbonyl (C=O) groups is 3. The molecule has 3 aromatic rings. The normalized spacial score (nSPS) is 15.9. The van der Waals surface area contributed by atoms with E-state index in [1.807, 2.05) is 0 Å². The van der Waals surface area contributed by atoms with Gasteiger partial charge in [0, 0.05) is 25.5 Å². The molecule has 2 heterocycles. The predicted molar refractivity (Wildman–Crippen MR) is 138 cm³/mol. The summed E-state index contributed by atoms with van der Waals surface area (Å²) in [6.07, 6.45) is 1.40. The first-order valence-corrected chi connectivity index (χ1v) is 13.2. The minimum atomic E-state index is -5.59. The lowest BCUT2D eigenvalue weighted by atomic mass is 10.2. The Balaban J connectivity index is 1.52. The third-order valence-electron chi connectivity index (χ3n) is 6.35. The SMILES string of the molecule is COc1ccc(N(C)C(=O)c2cc(CN3C(=O)N(c4ccc(S(=O)(=O)C(F)(F)F)cc4)C(=O)C3C)ccn2)cc1. The van der Waals surface area contributed by atoms with E-state index in [4.69, 9.17) is 4.74 Å². The minimum absolute atomic E-state index is 0.0716. The molecule has 40 heavy (non-hydrogen) atoms. The Kier molecular flexibility index (Phi) is 7.57. The topological polar surface area (TPSA) is 117 Å². The number of methoxy groups -OCH3 is 1. The molecule has 0 aliphatic carbocycles. The maximum atomic E-state index is 13.2. The summed E-state index contributed by atoms with van der Waals surface area (Å²) in [6.45, 7) is 1.41. The standard InChI is InChI=1S/C26H23F3N4O6S/c1-16-23(34)33(19-6-10-21(11-7-19)40(37,38)26(27,28)29)25(36)32(16)15-17-12-13-30-22(14-17)24(35)31(2)18-4-8-20(39-3)9-5-18/h4-14,16H,15H2,1-3H3. The Hall–Kier alpha value is -4.46. The zero-order chi connectivity index (χ0) is 29.4. The molecule has 4 amide bonds. The number of hydrogen-bond donors (Lipinski definition) is 0. The summed E-state index contributed by atoms with van der Waals surface area (Å²) >= 11 is 0. The van der Waals surface area contributed by atoms with Crippen LogP contribution in [-0.4, -0.2) is 61.9 Å². The first kappa shape index (κ1) is 28.5. The van der Waals surface area contributed by atoms with E-state index in [1.54, 1.807) is 37.4 Å². The van der Waals surface area contributed by atoms with Gasteiger partial charge in [0.1, 0.15) is 17.5 Å². The van der Waals surface area contributed by atoms with Crippen molar-refractivity contribution in [1.82, 2.24) is 9.88 Å². The number of carbonyl (C=O) groups excluding carboxylic acids is 3. The first-order valence-electron chi connectivity index (χ1n) is 11.7. The summed E-state index contributed by atoms with van der Waals surface area (Å²) in [5, 5.41) is 0. The molecule has 1 aliphatic rings. The molecule has 1 unspecified atom stereocenters. The second-order valence-corrected chi connectivity index (χ2v) is 10.8. The van der Waals surface area contributed by atoms with E-state index >= 15 is 0 Å². The lowest BCUT2D eigenvalue weighted by molar-refractivity contribution is -0.119. The predicted octanol–water partition coefficient (Wildman–Crippen LogP) is 4.02. The number of aromatic nitrogens is 1. The maximum Gasteiger partial charge on any atom is 0.501 e. The highest BCUT2D eigenvalue weighted by Crippen LogP contribution is 2.33. The fraction of sp³-hybridized carbons (Fsp3) is 0.231. The zero-order valence-electron chi connectivity index (χ0n) is 21.4. The van der Waals surface area contributed by atoms with Gasteiger partial charge in [0.25, 0.3) is 21.7 Å². The van der Waals surface area contributed by atoms with Crippen molar-refractivity contribution in [3.05, 3.63) is 78.1 Å². The number of rotatable bonds is 7. The average molecular weight is 577 g/mol. The zero-order valence-corrected chi connectivity index (χ0v) is 22.2. The van der Waals surface area contributed by atoms with Gasteiger partial charge in [-0.05, 0) is 73.2 Å². The molecule has 1 aliphatic heterocycles. The van der Waals surface area contributed by atoms with Gasteiger partial charge in [0.2, 0.25) is 0 Å². The highest BCUT2D eigenvalue weighted by molar-refractivity contribution is 7.92. The Labute approximate surface area is 227 Å². The number of hydrogen-bond acceptors (Lipinski definition) is 7. The highest BCUT2D eigenvalue weighted by Gasteiger charge is 2.47. The van der Waals surface area contributed by atoms with E-state index in [2.05, 4.69) is 4.98 Å². The second kappa shape index (κ2) is 10.6. The van der Waals surface area contributed by atoms with Crippen molar-refractivity contribution < 1.29 is 40.7 Å². The number of imide groups is 1. The molecule has 1 aromatic heterocycles. The minimum Gasteiger partial charge on any atom is -0.497 e. The van der Waals surface area contributed by atoms with Crippen molar-refractivity contribution in [2.75, 3.05) is 24.0 Å². The van der Waals surface area contributed by atoms with Gasteiger partial charge in [-0.3, -0.25) is 14.6 Å². The van der Waals surface area contributed by atoms with Crippen molar-refractivity contribution in [2.45, 2.75) is 29.9 Å². The molecule has 0 radical (unpaired) electrons. The van der Waals surface area contributed by atoms with E-state index in [0.717, 1.165) is 17.0 Å². The van der Waals surface area contributed by atoms with Gasteiger partial charge in [0.05, 0.1) is 17.7 Å². The summed E-state index contributed by atoms with van der Waals surface area (Å²) in [4.78, 5) is 45.6. The molecule has 0 N–H and O–H groups in total. The molecular weight excluding hydrogens is 553 g/mol. The lowest BCUT2D eigenvalue weighted by Crippen LogP contribution is -2.33. The van der Waals surface area contributed by atoms with E-state index in [1.165, 1.54) is 36.1 Å². The average Bonchev–Trinajstić information content (AvgIpc) is 3.14. The molecule has 0 bridgehead atoms. The number of sulfone groups is 1. The number of amides is 4. The number of pyridine rings is 1.